The van der Waals surface area contributed by atoms with Crippen molar-refractivity contribution in [2.45, 2.75) is 38.1 Å². The first-order valence-corrected chi connectivity index (χ1v) is 7.01. The van der Waals surface area contributed by atoms with Gasteiger partial charge in [-0.1, -0.05) is 30.7 Å². The van der Waals surface area contributed by atoms with Crippen molar-refractivity contribution >= 4 is 0 Å². The minimum atomic E-state index is -0.0957. The highest BCUT2D eigenvalue weighted by atomic mass is 15.3. The quantitative estimate of drug-likeness (QED) is 0.916. The highest BCUT2D eigenvalue weighted by molar-refractivity contribution is 5.32. The molecule has 1 aromatic carbocycles. The summed E-state index contributed by atoms with van der Waals surface area (Å²) in [6.07, 6.45) is 4.05. The third-order valence-electron chi connectivity index (χ3n) is 4.23. The van der Waals surface area contributed by atoms with Crippen molar-refractivity contribution in [2.24, 2.45) is 12.8 Å². The maximum atomic E-state index is 6.34. The van der Waals surface area contributed by atoms with Crippen LogP contribution in [0.25, 0.3) is 0 Å². The molecular formula is C16H21N3. The molecule has 1 fully saturated rings. The van der Waals surface area contributed by atoms with Crippen LogP contribution >= 0.6 is 0 Å². The summed E-state index contributed by atoms with van der Waals surface area (Å²) in [5.41, 5.74) is 11.0. The molecule has 1 unspecified atom stereocenters. The average molecular weight is 255 g/mol. The predicted molar refractivity (Wildman–Crippen MR) is 77.0 cm³/mol. The van der Waals surface area contributed by atoms with Crippen molar-refractivity contribution < 1.29 is 0 Å². The normalized spacial score (nSPS) is 17.2. The molecule has 1 heterocycles. The Kier molecular flexibility index (Phi) is 3.15. The zero-order valence-corrected chi connectivity index (χ0v) is 11.6. The van der Waals surface area contributed by atoms with Gasteiger partial charge in [0.05, 0.1) is 17.4 Å². The molecular weight excluding hydrogens is 234 g/mol. The molecule has 3 heteroatoms. The standard InChI is InChI=1S/C16H21N3/c1-11-10-15(19(2)18-11)16(17)14-8-6-13(7-9-14)12-4-3-5-12/h6-10,12,16H,3-5,17H2,1-2H3. The molecule has 3 rings (SSSR count). The van der Waals surface area contributed by atoms with Gasteiger partial charge in [-0.15, -0.1) is 0 Å². The SMILES string of the molecule is Cc1cc(C(N)c2ccc(C3CCC3)cc2)n(C)n1. The van der Waals surface area contributed by atoms with Crippen LogP contribution in [0.3, 0.4) is 0 Å². The van der Waals surface area contributed by atoms with Crippen LogP contribution < -0.4 is 5.73 Å². The molecule has 1 atom stereocenters. The molecule has 1 saturated carbocycles. The average Bonchev–Trinajstić information content (AvgIpc) is 2.66. The third-order valence-corrected chi connectivity index (χ3v) is 4.23. The van der Waals surface area contributed by atoms with Crippen LogP contribution in [0.2, 0.25) is 0 Å². The minimum Gasteiger partial charge on any atom is -0.319 e. The van der Waals surface area contributed by atoms with Gasteiger partial charge in [0.1, 0.15) is 0 Å². The van der Waals surface area contributed by atoms with Crippen LogP contribution in [0.5, 0.6) is 0 Å². The van der Waals surface area contributed by atoms with Gasteiger partial charge in [0.15, 0.2) is 0 Å². The number of nitrogens with two attached hydrogens (primary N) is 1. The van der Waals surface area contributed by atoms with Crippen LogP contribution in [0.4, 0.5) is 0 Å². The Balaban J connectivity index is 1.83. The summed E-state index contributed by atoms with van der Waals surface area (Å²) in [6, 6.07) is 10.8. The molecule has 2 N–H and O–H groups in total. The van der Waals surface area contributed by atoms with Gasteiger partial charge in [0, 0.05) is 7.05 Å². The van der Waals surface area contributed by atoms with Gasteiger partial charge in [-0.25, -0.2) is 0 Å². The van der Waals surface area contributed by atoms with Gasteiger partial charge in [0.2, 0.25) is 0 Å². The van der Waals surface area contributed by atoms with Gasteiger partial charge in [-0.2, -0.15) is 5.10 Å². The largest absolute Gasteiger partial charge is 0.319 e. The maximum absolute atomic E-state index is 6.34. The first kappa shape index (κ1) is 12.4. The summed E-state index contributed by atoms with van der Waals surface area (Å²) in [7, 11) is 1.95. The summed E-state index contributed by atoms with van der Waals surface area (Å²) >= 11 is 0. The molecule has 100 valence electrons. The summed E-state index contributed by atoms with van der Waals surface area (Å²) in [6.45, 7) is 2.00. The number of hydrogen-bond acceptors (Lipinski definition) is 2. The van der Waals surface area contributed by atoms with Crippen LogP contribution in [-0.2, 0) is 7.05 Å². The molecule has 1 aliphatic rings. The molecule has 1 aromatic heterocycles. The number of aromatic nitrogens is 2. The fourth-order valence-corrected chi connectivity index (χ4v) is 2.81. The van der Waals surface area contributed by atoms with Crippen molar-refractivity contribution in [3.05, 3.63) is 52.8 Å². The highest BCUT2D eigenvalue weighted by Gasteiger charge is 2.20. The van der Waals surface area contributed by atoms with E-state index < -0.39 is 0 Å². The van der Waals surface area contributed by atoms with E-state index in [9.17, 15) is 0 Å². The molecule has 0 aliphatic heterocycles. The molecule has 0 amide bonds. The Labute approximate surface area is 114 Å². The van der Waals surface area contributed by atoms with E-state index in [0.717, 1.165) is 22.9 Å². The van der Waals surface area contributed by atoms with Crippen molar-refractivity contribution in [1.82, 2.24) is 9.78 Å². The highest BCUT2D eigenvalue weighted by Crippen LogP contribution is 2.36. The molecule has 0 saturated heterocycles. The fraction of sp³-hybridized carbons (Fsp3) is 0.438. The first-order chi connectivity index (χ1) is 9.15. The smallest absolute Gasteiger partial charge is 0.0723 e. The van der Waals surface area contributed by atoms with Crippen molar-refractivity contribution in [3.63, 3.8) is 0 Å². The Bertz CT molecular complexity index is 564. The molecule has 3 nitrogen and oxygen atoms in total. The lowest BCUT2D eigenvalue weighted by Crippen LogP contribution is -2.16. The second-order valence-corrected chi connectivity index (χ2v) is 5.61. The van der Waals surface area contributed by atoms with E-state index in [4.69, 9.17) is 5.73 Å². The zero-order chi connectivity index (χ0) is 13.4. The van der Waals surface area contributed by atoms with Gasteiger partial charge in [-0.3, -0.25) is 4.68 Å². The van der Waals surface area contributed by atoms with E-state index in [1.54, 1.807) is 0 Å². The zero-order valence-electron chi connectivity index (χ0n) is 11.6. The predicted octanol–water partition coefficient (Wildman–Crippen LogP) is 3.04. The van der Waals surface area contributed by atoms with Gasteiger partial charge >= 0.3 is 0 Å². The Morgan fingerprint density at radius 2 is 1.95 bits per heavy atom. The summed E-state index contributed by atoms with van der Waals surface area (Å²) in [4.78, 5) is 0. The molecule has 0 bridgehead atoms. The van der Waals surface area contributed by atoms with E-state index in [2.05, 4.69) is 35.4 Å². The van der Waals surface area contributed by atoms with Crippen LogP contribution in [0, 0.1) is 6.92 Å². The minimum absolute atomic E-state index is 0.0957. The fourth-order valence-electron chi connectivity index (χ4n) is 2.81. The van der Waals surface area contributed by atoms with E-state index in [1.807, 2.05) is 18.7 Å². The lowest BCUT2D eigenvalue weighted by molar-refractivity contribution is 0.419. The van der Waals surface area contributed by atoms with Crippen LogP contribution in [0.1, 0.15) is 53.7 Å². The first-order valence-electron chi connectivity index (χ1n) is 7.01. The monoisotopic (exact) mass is 255 g/mol. The van der Waals surface area contributed by atoms with Crippen molar-refractivity contribution in [1.29, 1.82) is 0 Å². The Morgan fingerprint density at radius 3 is 2.42 bits per heavy atom. The number of rotatable bonds is 3. The summed E-state index contributed by atoms with van der Waals surface area (Å²) in [5.74, 6) is 0.782. The number of nitrogens with zero attached hydrogens (tertiary/aromatic N) is 2. The van der Waals surface area contributed by atoms with E-state index in [-0.39, 0.29) is 6.04 Å². The molecule has 2 aromatic rings. The number of aryl methyl sites for hydroxylation is 2. The number of benzene rings is 1. The Morgan fingerprint density at radius 1 is 1.26 bits per heavy atom. The molecule has 19 heavy (non-hydrogen) atoms. The second kappa shape index (κ2) is 4.82. The lowest BCUT2D eigenvalue weighted by Gasteiger charge is -2.26. The van der Waals surface area contributed by atoms with Crippen LogP contribution in [0.15, 0.2) is 30.3 Å². The lowest BCUT2D eigenvalue weighted by atomic mass is 9.80. The molecule has 0 spiro atoms. The van der Waals surface area contributed by atoms with Crippen LogP contribution in [-0.4, -0.2) is 9.78 Å². The molecule has 0 radical (unpaired) electrons. The van der Waals surface area contributed by atoms with E-state index in [0.29, 0.717) is 0 Å². The third kappa shape index (κ3) is 2.30. The van der Waals surface area contributed by atoms with Gasteiger partial charge < -0.3 is 5.73 Å². The molecule has 1 aliphatic carbocycles. The van der Waals surface area contributed by atoms with E-state index in [1.165, 1.54) is 24.8 Å². The summed E-state index contributed by atoms with van der Waals surface area (Å²) < 4.78 is 1.87. The summed E-state index contributed by atoms with van der Waals surface area (Å²) in [5, 5.41) is 4.36. The maximum Gasteiger partial charge on any atom is 0.0723 e. The number of hydrogen-bond donors (Lipinski definition) is 1. The van der Waals surface area contributed by atoms with Crippen molar-refractivity contribution in [3.8, 4) is 0 Å². The van der Waals surface area contributed by atoms with Gasteiger partial charge in [0.25, 0.3) is 0 Å². The topological polar surface area (TPSA) is 43.8 Å². The van der Waals surface area contributed by atoms with Crippen molar-refractivity contribution in [2.75, 3.05) is 0 Å². The van der Waals surface area contributed by atoms with Gasteiger partial charge in [-0.05, 0) is 42.9 Å². The second-order valence-electron chi connectivity index (χ2n) is 5.61. The Hall–Kier alpha value is -1.61. The van der Waals surface area contributed by atoms with E-state index >= 15 is 0 Å².